The van der Waals surface area contributed by atoms with E-state index in [0.29, 0.717) is 16.7 Å². The van der Waals surface area contributed by atoms with E-state index in [-0.39, 0.29) is 5.75 Å². The van der Waals surface area contributed by atoms with Crippen molar-refractivity contribution in [2.75, 3.05) is 17.8 Å². The molecule has 84 valence electrons. The summed E-state index contributed by atoms with van der Waals surface area (Å²) < 4.78 is 21.7. The van der Waals surface area contributed by atoms with E-state index in [1.54, 1.807) is 17.8 Å². The van der Waals surface area contributed by atoms with Gasteiger partial charge in [-0.05, 0) is 12.1 Å². The minimum Gasteiger partial charge on any atom is -0.240 e. The summed E-state index contributed by atoms with van der Waals surface area (Å²) in [6, 6.07) is 5.42. The van der Waals surface area contributed by atoms with Crippen LogP contribution < -0.4 is 0 Å². The number of nitrogens with zero attached hydrogens (tertiary/aromatic N) is 1. The predicted octanol–water partition coefficient (Wildman–Crippen LogP) is 2.01. The lowest BCUT2D eigenvalue weighted by Gasteiger charge is -2.00. The van der Waals surface area contributed by atoms with E-state index in [4.69, 9.17) is 11.6 Å². The van der Waals surface area contributed by atoms with Gasteiger partial charge in [-0.3, -0.25) is 0 Å². The number of hydrogen-bond donors (Lipinski definition) is 0. The third-order valence-corrected chi connectivity index (χ3v) is 4.03. The molecule has 3 nitrogen and oxygen atoms in total. The molecule has 1 aromatic heterocycles. The summed E-state index contributed by atoms with van der Waals surface area (Å²) in [5.74, 6) is 1.49. The van der Waals surface area contributed by atoms with Crippen molar-refractivity contribution in [3.05, 3.63) is 29.0 Å². The van der Waals surface area contributed by atoms with Crippen molar-refractivity contribution in [2.45, 2.75) is 5.75 Å². The van der Waals surface area contributed by atoms with Crippen LogP contribution in [0.25, 0.3) is 0 Å². The number of aromatic nitrogens is 1. The normalized spacial score (nSPS) is 11.6. The first-order chi connectivity index (χ1) is 6.97. The van der Waals surface area contributed by atoms with E-state index in [9.17, 15) is 8.42 Å². The average Bonchev–Trinajstić information content (AvgIpc) is 2.11. The molecule has 0 amide bonds. The number of halogens is 1. The Bertz CT molecular complexity index is 420. The molecule has 0 aliphatic rings. The Labute approximate surface area is 99.2 Å². The first-order valence-electron chi connectivity index (χ1n) is 4.34. The van der Waals surface area contributed by atoms with E-state index in [2.05, 4.69) is 4.98 Å². The third kappa shape index (κ3) is 6.02. The Kier molecular flexibility index (Phi) is 4.89. The van der Waals surface area contributed by atoms with E-state index in [0.717, 1.165) is 5.69 Å². The lowest BCUT2D eigenvalue weighted by Crippen LogP contribution is -2.05. The molecule has 0 fully saturated rings. The van der Waals surface area contributed by atoms with Gasteiger partial charge in [-0.15, -0.1) is 0 Å². The van der Waals surface area contributed by atoms with Gasteiger partial charge in [-0.1, -0.05) is 17.7 Å². The summed E-state index contributed by atoms with van der Waals surface area (Å²) in [6.45, 7) is 0. The minimum absolute atomic E-state index is 0.207. The van der Waals surface area contributed by atoms with E-state index in [1.165, 1.54) is 6.26 Å². The molecule has 0 N–H and O–H groups in total. The van der Waals surface area contributed by atoms with E-state index in [1.807, 2.05) is 12.1 Å². The number of thioether (sulfide) groups is 1. The molecule has 0 bridgehead atoms. The molecule has 0 saturated heterocycles. The summed E-state index contributed by atoms with van der Waals surface area (Å²) in [5.41, 5.74) is 0.876. The highest BCUT2D eigenvalue weighted by molar-refractivity contribution is 7.99. The number of hydrogen-bond acceptors (Lipinski definition) is 4. The Morgan fingerprint density at radius 1 is 1.47 bits per heavy atom. The maximum Gasteiger partial charge on any atom is 0.148 e. The van der Waals surface area contributed by atoms with Crippen LogP contribution in [0.4, 0.5) is 0 Å². The van der Waals surface area contributed by atoms with E-state index >= 15 is 0 Å². The highest BCUT2D eigenvalue weighted by Gasteiger charge is 2.02. The summed E-state index contributed by atoms with van der Waals surface area (Å²) in [4.78, 5) is 4.10. The fourth-order valence-corrected chi connectivity index (χ4v) is 3.30. The number of sulfone groups is 1. The zero-order valence-corrected chi connectivity index (χ0v) is 10.7. The van der Waals surface area contributed by atoms with Gasteiger partial charge in [0, 0.05) is 17.8 Å². The van der Waals surface area contributed by atoms with Crippen LogP contribution >= 0.6 is 23.4 Å². The van der Waals surface area contributed by atoms with Crippen LogP contribution in [0, 0.1) is 0 Å². The summed E-state index contributed by atoms with van der Waals surface area (Å²) in [5, 5.41) is 0.469. The Morgan fingerprint density at radius 3 is 2.80 bits per heavy atom. The quantitative estimate of drug-likeness (QED) is 0.604. The second-order valence-corrected chi connectivity index (χ2v) is 6.89. The topological polar surface area (TPSA) is 47.0 Å². The predicted molar refractivity (Wildman–Crippen MR) is 65.1 cm³/mol. The Hall–Kier alpha value is -0.260. The van der Waals surface area contributed by atoms with Crippen molar-refractivity contribution in [3.8, 4) is 0 Å². The summed E-state index contributed by atoms with van der Waals surface area (Å²) in [7, 11) is -2.85. The van der Waals surface area contributed by atoms with Crippen LogP contribution in [0.5, 0.6) is 0 Å². The van der Waals surface area contributed by atoms with Crippen molar-refractivity contribution in [3.63, 3.8) is 0 Å². The number of rotatable bonds is 5. The number of pyridine rings is 1. The zero-order valence-electron chi connectivity index (χ0n) is 8.31. The maximum atomic E-state index is 10.8. The monoisotopic (exact) mass is 265 g/mol. The molecule has 0 spiro atoms. The molecular weight excluding hydrogens is 254 g/mol. The minimum atomic E-state index is -2.85. The van der Waals surface area contributed by atoms with Gasteiger partial charge in [0.1, 0.15) is 15.0 Å². The van der Waals surface area contributed by atoms with Crippen LogP contribution in [-0.2, 0) is 15.6 Å². The van der Waals surface area contributed by atoms with Gasteiger partial charge in [-0.25, -0.2) is 13.4 Å². The Morgan fingerprint density at radius 2 is 2.20 bits per heavy atom. The second-order valence-electron chi connectivity index (χ2n) is 3.13. The molecule has 0 aromatic carbocycles. The summed E-state index contributed by atoms with van der Waals surface area (Å²) in [6.07, 6.45) is 1.24. The standard InChI is InChI=1S/C9H12ClNO2S2/c1-15(12,13)6-5-14-7-8-3-2-4-9(10)11-8/h2-4H,5-7H2,1H3. The van der Waals surface area contributed by atoms with Crippen molar-refractivity contribution < 1.29 is 8.42 Å². The van der Waals surface area contributed by atoms with E-state index < -0.39 is 9.84 Å². The molecule has 0 aliphatic carbocycles. The molecule has 1 heterocycles. The molecule has 1 aromatic rings. The zero-order chi connectivity index (χ0) is 11.3. The Balaban J connectivity index is 2.32. The third-order valence-electron chi connectivity index (χ3n) is 1.62. The SMILES string of the molecule is CS(=O)(=O)CCSCc1cccc(Cl)n1. The first kappa shape index (κ1) is 12.8. The van der Waals surface area contributed by atoms with Crippen LogP contribution in [0.15, 0.2) is 18.2 Å². The molecule has 15 heavy (non-hydrogen) atoms. The van der Waals surface area contributed by atoms with Crippen LogP contribution in [0.1, 0.15) is 5.69 Å². The molecule has 0 radical (unpaired) electrons. The molecule has 0 atom stereocenters. The maximum absolute atomic E-state index is 10.8. The largest absolute Gasteiger partial charge is 0.240 e. The smallest absolute Gasteiger partial charge is 0.148 e. The van der Waals surface area contributed by atoms with Crippen LogP contribution in [0.3, 0.4) is 0 Å². The molecular formula is C9H12ClNO2S2. The molecule has 1 rings (SSSR count). The van der Waals surface area contributed by atoms with Crippen molar-refractivity contribution in [1.29, 1.82) is 0 Å². The molecule has 0 unspecified atom stereocenters. The van der Waals surface area contributed by atoms with Gasteiger partial charge in [-0.2, -0.15) is 11.8 Å². The lowest BCUT2D eigenvalue weighted by atomic mass is 10.4. The van der Waals surface area contributed by atoms with Gasteiger partial charge in [0.05, 0.1) is 11.4 Å². The first-order valence-corrected chi connectivity index (χ1v) is 7.93. The van der Waals surface area contributed by atoms with Crippen molar-refractivity contribution >= 4 is 33.2 Å². The van der Waals surface area contributed by atoms with Crippen molar-refractivity contribution in [1.82, 2.24) is 4.98 Å². The van der Waals surface area contributed by atoms with Gasteiger partial charge in [0.25, 0.3) is 0 Å². The molecule has 0 saturated carbocycles. The van der Waals surface area contributed by atoms with Crippen LogP contribution in [0.2, 0.25) is 5.15 Å². The summed E-state index contributed by atoms with van der Waals surface area (Å²) >= 11 is 7.26. The fraction of sp³-hybridized carbons (Fsp3) is 0.444. The highest BCUT2D eigenvalue weighted by Crippen LogP contribution is 2.12. The lowest BCUT2D eigenvalue weighted by molar-refractivity contribution is 0.603. The second kappa shape index (κ2) is 5.72. The molecule has 6 heteroatoms. The van der Waals surface area contributed by atoms with Gasteiger partial charge < -0.3 is 0 Å². The van der Waals surface area contributed by atoms with Crippen molar-refractivity contribution in [2.24, 2.45) is 0 Å². The molecule has 0 aliphatic heterocycles. The highest BCUT2D eigenvalue weighted by atomic mass is 35.5. The van der Waals surface area contributed by atoms with Crippen LogP contribution in [-0.4, -0.2) is 31.2 Å². The average molecular weight is 266 g/mol. The van der Waals surface area contributed by atoms with Gasteiger partial charge in [0.15, 0.2) is 0 Å². The van der Waals surface area contributed by atoms with Gasteiger partial charge in [0.2, 0.25) is 0 Å². The fourth-order valence-electron chi connectivity index (χ4n) is 0.918. The van der Waals surface area contributed by atoms with Gasteiger partial charge >= 0.3 is 0 Å².